The molecule has 0 bridgehead atoms. The number of carbonyl (C=O) groups excluding carboxylic acids is 1. The van der Waals surface area contributed by atoms with E-state index in [9.17, 15) is 9.36 Å². The summed E-state index contributed by atoms with van der Waals surface area (Å²) in [6, 6.07) is 17.3. The van der Waals surface area contributed by atoms with E-state index in [2.05, 4.69) is 0 Å². The first-order valence-corrected chi connectivity index (χ1v) is 12.2. The molecule has 2 aromatic carbocycles. The van der Waals surface area contributed by atoms with Crippen molar-refractivity contribution in [3.8, 4) is 11.5 Å². The van der Waals surface area contributed by atoms with Crippen LogP contribution in [0.2, 0.25) is 0 Å². The van der Waals surface area contributed by atoms with Crippen LogP contribution in [-0.2, 0) is 13.8 Å². The minimum Gasteiger partial charge on any atom is -0.443 e. The molecule has 172 valence electrons. The maximum absolute atomic E-state index is 13.8. The average Bonchev–Trinajstić information content (AvgIpc) is 2.70. The number of carbonyl (C=O) groups is 1. The number of amides is 1. The Kier molecular flexibility index (Phi) is 7.86. The molecule has 0 aliphatic carbocycles. The van der Waals surface area contributed by atoms with Gasteiger partial charge in [0.1, 0.15) is 17.1 Å². The predicted molar refractivity (Wildman–Crippen MR) is 122 cm³/mol. The summed E-state index contributed by atoms with van der Waals surface area (Å²) in [5.74, 6) is 0.748. The van der Waals surface area contributed by atoms with Gasteiger partial charge in [0, 0.05) is 6.54 Å². The highest BCUT2D eigenvalue weighted by Gasteiger charge is 2.37. The molecule has 1 heterocycles. The third-order valence-electron chi connectivity index (χ3n) is 4.41. The van der Waals surface area contributed by atoms with Crippen molar-refractivity contribution in [3.05, 3.63) is 72.6 Å². The molecule has 2 aromatic rings. The molecule has 1 aliphatic rings. The highest BCUT2D eigenvalue weighted by molar-refractivity contribution is 7.49. The van der Waals surface area contributed by atoms with Crippen LogP contribution >= 0.6 is 7.82 Å². The molecule has 0 spiro atoms. The molecule has 0 atom stereocenters. The van der Waals surface area contributed by atoms with Crippen molar-refractivity contribution < 1.29 is 27.7 Å². The minimum atomic E-state index is -4.21. The van der Waals surface area contributed by atoms with E-state index in [0.29, 0.717) is 24.5 Å². The Morgan fingerprint density at radius 1 is 0.844 bits per heavy atom. The second-order valence-corrected chi connectivity index (χ2v) is 9.81. The van der Waals surface area contributed by atoms with Crippen LogP contribution in [-0.4, -0.2) is 23.1 Å². The van der Waals surface area contributed by atoms with Gasteiger partial charge in [0.15, 0.2) is 0 Å². The Morgan fingerprint density at radius 3 is 1.94 bits per heavy atom. The summed E-state index contributed by atoms with van der Waals surface area (Å²) in [6.07, 6.45) is 4.48. The van der Waals surface area contributed by atoms with E-state index in [1.54, 1.807) is 75.4 Å². The zero-order valence-electron chi connectivity index (χ0n) is 18.7. The Hall–Kier alpha value is -2.92. The number of hydrogen-bond acceptors (Lipinski definition) is 6. The number of phosphoric ester groups is 1. The Labute approximate surface area is 189 Å². The molecule has 0 fully saturated rings. The lowest BCUT2D eigenvalue weighted by Crippen LogP contribution is -2.38. The molecule has 1 amide bonds. The fourth-order valence-electron chi connectivity index (χ4n) is 3.01. The Bertz CT molecular complexity index is 910. The number of nitrogens with zero attached hydrogens (tertiary/aromatic N) is 1. The number of rotatable bonds is 6. The maximum Gasteiger partial charge on any atom is 0.648 e. The molecule has 0 N–H and O–H groups in total. The van der Waals surface area contributed by atoms with Crippen molar-refractivity contribution in [2.75, 3.05) is 6.54 Å². The second kappa shape index (κ2) is 10.6. The molecular weight excluding hydrogens is 429 g/mol. The largest absolute Gasteiger partial charge is 0.648 e. The molecule has 32 heavy (non-hydrogen) atoms. The van der Waals surface area contributed by atoms with Gasteiger partial charge in [0.2, 0.25) is 5.88 Å². The average molecular weight is 459 g/mol. The molecule has 1 aliphatic heterocycles. The number of allylic oxidation sites excluding steroid dienone is 1. The van der Waals surface area contributed by atoms with Gasteiger partial charge in [-0.1, -0.05) is 42.8 Å². The first-order valence-electron chi connectivity index (χ1n) is 10.7. The lowest BCUT2D eigenvalue weighted by Gasteiger charge is -2.30. The molecule has 7 nitrogen and oxygen atoms in total. The van der Waals surface area contributed by atoms with E-state index in [1.165, 1.54) is 4.90 Å². The third-order valence-corrected chi connectivity index (χ3v) is 5.69. The lowest BCUT2D eigenvalue weighted by molar-refractivity contribution is 0.0222. The van der Waals surface area contributed by atoms with E-state index >= 15 is 0 Å². The summed E-state index contributed by atoms with van der Waals surface area (Å²) in [7, 11) is -4.21. The van der Waals surface area contributed by atoms with Gasteiger partial charge >= 0.3 is 13.9 Å². The van der Waals surface area contributed by atoms with Gasteiger partial charge in [-0.2, -0.15) is 4.57 Å². The van der Waals surface area contributed by atoms with Crippen molar-refractivity contribution in [2.24, 2.45) is 0 Å². The summed E-state index contributed by atoms with van der Waals surface area (Å²) >= 11 is 0. The first kappa shape index (κ1) is 23.7. The number of ether oxygens (including phenoxy) is 1. The summed E-state index contributed by atoms with van der Waals surface area (Å²) in [5.41, 5.74) is -0.685. The van der Waals surface area contributed by atoms with E-state index in [-0.39, 0.29) is 5.88 Å². The van der Waals surface area contributed by atoms with Gasteiger partial charge in [-0.25, -0.2) is 9.69 Å². The standard InChI is InChI=1S/C24H30NO6P/c1-24(2,3)28-23(26)25-19-13-5-4-12-18-22(25)31-32(27,29-20-14-8-6-9-15-20)30-21-16-10-7-11-17-21/h6-11,14-18H,4-5,12-13,19H2,1-3H3. The summed E-state index contributed by atoms with van der Waals surface area (Å²) in [6.45, 7) is 5.75. The molecule has 0 radical (unpaired) electrons. The number of phosphoric acid groups is 1. The molecule has 3 rings (SSSR count). The van der Waals surface area contributed by atoms with Gasteiger partial charge in [0.25, 0.3) is 0 Å². The molecule has 8 heteroatoms. The fourth-order valence-corrected chi connectivity index (χ4v) is 4.29. The molecule has 0 unspecified atom stereocenters. The number of hydrogen-bond donors (Lipinski definition) is 0. The van der Waals surface area contributed by atoms with Crippen LogP contribution in [0.15, 0.2) is 72.6 Å². The number of para-hydroxylation sites is 2. The first-order chi connectivity index (χ1) is 15.2. The van der Waals surface area contributed by atoms with E-state index in [4.69, 9.17) is 18.3 Å². The van der Waals surface area contributed by atoms with E-state index < -0.39 is 19.5 Å². The fraction of sp³-hybridized carbons (Fsp3) is 0.375. The van der Waals surface area contributed by atoms with Gasteiger partial charge in [0.05, 0.1) is 0 Å². The predicted octanol–water partition coefficient (Wildman–Crippen LogP) is 6.92. The van der Waals surface area contributed by atoms with Gasteiger partial charge in [-0.05, 0) is 70.4 Å². The summed E-state index contributed by atoms with van der Waals surface area (Å²) in [5, 5.41) is 0. The molecule has 0 saturated heterocycles. The monoisotopic (exact) mass is 459 g/mol. The highest BCUT2D eigenvalue weighted by Crippen LogP contribution is 2.52. The lowest BCUT2D eigenvalue weighted by atomic mass is 10.1. The van der Waals surface area contributed by atoms with E-state index in [0.717, 1.165) is 19.3 Å². The summed E-state index contributed by atoms with van der Waals surface area (Å²) < 4.78 is 36.6. The van der Waals surface area contributed by atoms with Gasteiger partial charge in [-0.3, -0.25) is 0 Å². The van der Waals surface area contributed by atoms with Gasteiger partial charge in [-0.15, -0.1) is 0 Å². The van der Waals surface area contributed by atoms with Crippen molar-refractivity contribution in [2.45, 2.75) is 52.1 Å². The van der Waals surface area contributed by atoms with Crippen LogP contribution in [0.4, 0.5) is 4.79 Å². The van der Waals surface area contributed by atoms with Crippen molar-refractivity contribution in [1.29, 1.82) is 0 Å². The quantitative estimate of drug-likeness (QED) is 0.437. The highest BCUT2D eigenvalue weighted by atomic mass is 31.2. The summed E-state index contributed by atoms with van der Waals surface area (Å²) in [4.78, 5) is 14.3. The SMILES string of the molecule is CC(C)(C)OC(=O)N1CCCCCC=C1OP(=O)(Oc1ccccc1)Oc1ccccc1. The van der Waals surface area contributed by atoms with Gasteiger partial charge < -0.3 is 18.3 Å². The zero-order valence-corrected chi connectivity index (χ0v) is 19.6. The van der Waals surface area contributed by atoms with Crippen LogP contribution < -0.4 is 9.05 Å². The van der Waals surface area contributed by atoms with Crippen molar-refractivity contribution in [1.82, 2.24) is 4.90 Å². The topological polar surface area (TPSA) is 74.3 Å². The third kappa shape index (κ3) is 7.34. The van der Waals surface area contributed by atoms with Crippen LogP contribution in [0.3, 0.4) is 0 Å². The Morgan fingerprint density at radius 2 is 1.41 bits per heavy atom. The smallest absolute Gasteiger partial charge is 0.443 e. The number of benzene rings is 2. The van der Waals surface area contributed by atoms with Crippen LogP contribution in [0.1, 0.15) is 46.5 Å². The zero-order chi connectivity index (χ0) is 23.0. The Balaban J connectivity index is 1.91. The molecule has 0 aromatic heterocycles. The minimum absolute atomic E-state index is 0.106. The van der Waals surface area contributed by atoms with E-state index in [1.807, 2.05) is 12.1 Å². The van der Waals surface area contributed by atoms with Crippen LogP contribution in [0, 0.1) is 0 Å². The second-order valence-electron chi connectivity index (χ2n) is 8.37. The van der Waals surface area contributed by atoms with Crippen LogP contribution in [0.25, 0.3) is 0 Å². The van der Waals surface area contributed by atoms with Crippen molar-refractivity contribution in [3.63, 3.8) is 0 Å². The molecule has 0 saturated carbocycles. The molecular formula is C24H30NO6P. The van der Waals surface area contributed by atoms with Crippen molar-refractivity contribution >= 4 is 13.9 Å². The maximum atomic E-state index is 13.8. The van der Waals surface area contributed by atoms with Crippen LogP contribution in [0.5, 0.6) is 11.5 Å². The normalized spacial score (nSPS) is 15.1.